The van der Waals surface area contributed by atoms with Crippen LogP contribution in [0, 0.1) is 0 Å². The van der Waals surface area contributed by atoms with E-state index in [1.54, 1.807) is 17.5 Å². The van der Waals surface area contributed by atoms with E-state index in [2.05, 4.69) is 26.7 Å². The first-order valence-electron chi connectivity index (χ1n) is 7.47. The lowest BCUT2D eigenvalue weighted by Crippen LogP contribution is -2.36. The van der Waals surface area contributed by atoms with E-state index < -0.39 is 0 Å². The standard InChI is InChI=1S/C17H23N3OS/c1-19(2)9-10-20(13-16-7-11-22-14-16)17(21)6-5-15-4-3-8-18-12-15/h3-4,7-8,11-12,14H,5-6,9-10,13H2,1-2H3. The number of hydrogen-bond acceptors (Lipinski definition) is 4. The van der Waals surface area contributed by atoms with Gasteiger partial charge in [0.05, 0.1) is 0 Å². The first-order valence-corrected chi connectivity index (χ1v) is 8.42. The van der Waals surface area contributed by atoms with E-state index in [9.17, 15) is 4.79 Å². The second kappa shape index (κ2) is 8.66. The van der Waals surface area contributed by atoms with Gasteiger partial charge in [0.2, 0.25) is 5.91 Å². The number of carbonyl (C=O) groups is 1. The Balaban J connectivity index is 1.92. The Morgan fingerprint density at radius 3 is 2.73 bits per heavy atom. The van der Waals surface area contributed by atoms with Gasteiger partial charge in [0.15, 0.2) is 0 Å². The van der Waals surface area contributed by atoms with Crippen molar-refractivity contribution in [2.45, 2.75) is 19.4 Å². The number of aryl methyl sites for hydroxylation is 1. The number of thiophene rings is 1. The first-order chi connectivity index (χ1) is 10.6. The van der Waals surface area contributed by atoms with Gasteiger partial charge in [-0.25, -0.2) is 0 Å². The molecule has 1 amide bonds. The lowest BCUT2D eigenvalue weighted by molar-refractivity contribution is -0.131. The summed E-state index contributed by atoms with van der Waals surface area (Å²) in [6, 6.07) is 6.01. The zero-order valence-electron chi connectivity index (χ0n) is 13.2. The maximum absolute atomic E-state index is 12.5. The quantitative estimate of drug-likeness (QED) is 0.751. The average Bonchev–Trinajstić information content (AvgIpc) is 3.03. The summed E-state index contributed by atoms with van der Waals surface area (Å²) in [7, 11) is 4.06. The van der Waals surface area contributed by atoms with Crippen LogP contribution < -0.4 is 0 Å². The monoisotopic (exact) mass is 317 g/mol. The third-order valence-corrected chi connectivity index (χ3v) is 4.21. The van der Waals surface area contributed by atoms with E-state index in [0.29, 0.717) is 13.0 Å². The Morgan fingerprint density at radius 1 is 1.23 bits per heavy atom. The van der Waals surface area contributed by atoms with Gasteiger partial charge in [-0.3, -0.25) is 9.78 Å². The van der Waals surface area contributed by atoms with Crippen molar-refractivity contribution >= 4 is 17.2 Å². The van der Waals surface area contributed by atoms with Crippen molar-refractivity contribution < 1.29 is 4.79 Å². The number of carbonyl (C=O) groups excluding carboxylic acids is 1. The molecule has 22 heavy (non-hydrogen) atoms. The Bertz CT molecular complexity index is 555. The second-order valence-electron chi connectivity index (χ2n) is 5.61. The van der Waals surface area contributed by atoms with E-state index in [0.717, 1.165) is 25.1 Å². The molecule has 0 aliphatic carbocycles. The summed E-state index contributed by atoms with van der Waals surface area (Å²) in [5.74, 6) is 0.205. The van der Waals surface area contributed by atoms with Gasteiger partial charge in [0, 0.05) is 38.4 Å². The molecule has 0 atom stereocenters. The Labute approximate surface area is 136 Å². The van der Waals surface area contributed by atoms with Crippen LogP contribution in [0.25, 0.3) is 0 Å². The summed E-state index contributed by atoms with van der Waals surface area (Å²) in [6.45, 7) is 2.33. The number of hydrogen-bond donors (Lipinski definition) is 0. The molecule has 0 aliphatic rings. The molecule has 0 saturated carbocycles. The smallest absolute Gasteiger partial charge is 0.223 e. The highest BCUT2D eigenvalue weighted by atomic mass is 32.1. The van der Waals surface area contributed by atoms with Crippen molar-refractivity contribution in [3.63, 3.8) is 0 Å². The van der Waals surface area contributed by atoms with Crippen molar-refractivity contribution in [2.75, 3.05) is 27.2 Å². The van der Waals surface area contributed by atoms with Gasteiger partial charge in [-0.1, -0.05) is 6.07 Å². The molecule has 0 spiro atoms. The highest BCUT2D eigenvalue weighted by Crippen LogP contribution is 2.11. The SMILES string of the molecule is CN(C)CCN(Cc1ccsc1)C(=O)CCc1cccnc1. The van der Waals surface area contributed by atoms with Crippen molar-refractivity contribution in [3.05, 3.63) is 52.5 Å². The van der Waals surface area contributed by atoms with Gasteiger partial charge in [0.25, 0.3) is 0 Å². The molecule has 0 saturated heterocycles. The zero-order chi connectivity index (χ0) is 15.8. The van der Waals surface area contributed by atoms with E-state index in [1.807, 2.05) is 37.3 Å². The fraction of sp³-hybridized carbons (Fsp3) is 0.412. The molecule has 2 aromatic rings. The molecule has 0 N–H and O–H groups in total. The van der Waals surface area contributed by atoms with Crippen LogP contribution in [0.4, 0.5) is 0 Å². The summed E-state index contributed by atoms with van der Waals surface area (Å²) in [6.07, 6.45) is 4.86. The van der Waals surface area contributed by atoms with Crippen molar-refractivity contribution in [1.82, 2.24) is 14.8 Å². The molecular weight excluding hydrogens is 294 g/mol. The van der Waals surface area contributed by atoms with Crippen LogP contribution >= 0.6 is 11.3 Å². The molecule has 0 aliphatic heterocycles. The van der Waals surface area contributed by atoms with Gasteiger partial charge in [-0.15, -0.1) is 0 Å². The minimum absolute atomic E-state index is 0.205. The summed E-state index contributed by atoms with van der Waals surface area (Å²) in [5, 5.41) is 4.16. The Hall–Kier alpha value is -1.72. The molecule has 2 aromatic heterocycles. The lowest BCUT2D eigenvalue weighted by Gasteiger charge is -2.24. The van der Waals surface area contributed by atoms with Gasteiger partial charge >= 0.3 is 0 Å². The normalized spacial score (nSPS) is 10.9. The number of pyridine rings is 1. The Morgan fingerprint density at radius 2 is 2.09 bits per heavy atom. The summed E-state index contributed by atoms with van der Waals surface area (Å²) in [4.78, 5) is 20.7. The maximum atomic E-state index is 12.5. The number of rotatable bonds is 8. The van der Waals surface area contributed by atoms with E-state index >= 15 is 0 Å². The largest absolute Gasteiger partial charge is 0.337 e. The highest BCUT2D eigenvalue weighted by molar-refractivity contribution is 7.07. The molecule has 5 heteroatoms. The average molecular weight is 317 g/mol. The highest BCUT2D eigenvalue weighted by Gasteiger charge is 2.14. The molecule has 2 rings (SSSR count). The van der Waals surface area contributed by atoms with Crippen LogP contribution in [0.15, 0.2) is 41.4 Å². The first kappa shape index (κ1) is 16.6. The fourth-order valence-electron chi connectivity index (χ4n) is 2.17. The summed E-state index contributed by atoms with van der Waals surface area (Å²) < 4.78 is 0. The molecule has 4 nitrogen and oxygen atoms in total. The number of likely N-dealkylation sites (N-methyl/N-ethyl adjacent to an activating group) is 1. The predicted octanol–water partition coefficient (Wildman–Crippen LogP) is 2.67. The lowest BCUT2D eigenvalue weighted by atomic mass is 10.1. The van der Waals surface area contributed by atoms with Gasteiger partial charge in [-0.2, -0.15) is 11.3 Å². The van der Waals surface area contributed by atoms with Crippen LogP contribution in [0.3, 0.4) is 0 Å². The summed E-state index contributed by atoms with van der Waals surface area (Å²) in [5.41, 5.74) is 2.32. The van der Waals surface area contributed by atoms with Crippen molar-refractivity contribution in [2.24, 2.45) is 0 Å². The minimum atomic E-state index is 0.205. The molecule has 2 heterocycles. The van der Waals surface area contributed by atoms with E-state index in [1.165, 1.54) is 5.56 Å². The molecule has 0 unspecified atom stereocenters. The van der Waals surface area contributed by atoms with Crippen LogP contribution in [-0.4, -0.2) is 47.9 Å². The third-order valence-electron chi connectivity index (χ3n) is 3.47. The summed E-state index contributed by atoms with van der Waals surface area (Å²) >= 11 is 1.67. The number of amides is 1. The number of nitrogens with zero attached hydrogens (tertiary/aromatic N) is 3. The van der Waals surface area contributed by atoms with Crippen LogP contribution in [0.1, 0.15) is 17.5 Å². The molecule has 0 bridgehead atoms. The van der Waals surface area contributed by atoms with Crippen LogP contribution in [0.2, 0.25) is 0 Å². The molecule has 0 radical (unpaired) electrons. The Kier molecular flexibility index (Phi) is 6.55. The molecule has 118 valence electrons. The second-order valence-corrected chi connectivity index (χ2v) is 6.39. The van der Waals surface area contributed by atoms with Crippen LogP contribution in [0.5, 0.6) is 0 Å². The molecule has 0 aromatic carbocycles. The number of aromatic nitrogens is 1. The zero-order valence-corrected chi connectivity index (χ0v) is 14.1. The third kappa shape index (κ3) is 5.58. The minimum Gasteiger partial charge on any atom is -0.337 e. The fourth-order valence-corrected chi connectivity index (χ4v) is 2.83. The topological polar surface area (TPSA) is 36.4 Å². The van der Waals surface area contributed by atoms with Gasteiger partial charge in [-0.05, 0) is 54.5 Å². The van der Waals surface area contributed by atoms with Crippen LogP contribution in [-0.2, 0) is 17.8 Å². The van der Waals surface area contributed by atoms with Gasteiger partial charge < -0.3 is 9.80 Å². The molecular formula is C17H23N3OS. The molecule has 0 fully saturated rings. The van der Waals surface area contributed by atoms with Gasteiger partial charge in [0.1, 0.15) is 0 Å². The van der Waals surface area contributed by atoms with Crippen molar-refractivity contribution in [3.8, 4) is 0 Å². The van der Waals surface area contributed by atoms with E-state index in [-0.39, 0.29) is 5.91 Å². The predicted molar refractivity (Wildman–Crippen MR) is 90.8 cm³/mol. The maximum Gasteiger partial charge on any atom is 0.223 e. The van der Waals surface area contributed by atoms with E-state index in [4.69, 9.17) is 0 Å². The van der Waals surface area contributed by atoms with Crippen molar-refractivity contribution in [1.29, 1.82) is 0 Å².